The molecule has 5 nitrogen and oxygen atoms in total. The third kappa shape index (κ3) is 4.16. The second-order valence-electron chi connectivity index (χ2n) is 6.58. The minimum absolute atomic E-state index is 0.0159. The van der Waals surface area contributed by atoms with Crippen molar-refractivity contribution in [2.45, 2.75) is 32.6 Å². The summed E-state index contributed by atoms with van der Waals surface area (Å²) in [5, 5.41) is 0. The molecule has 0 spiro atoms. The van der Waals surface area contributed by atoms with Crippen molar-refractivity contribution in [3.63, 3.8) is 0 Å². The highest BCUT2D eigenvalue weighted by molar-refractivity contribution is 5.93. The van der Waals surface area contributed by atoms with E-state index in [2.05, 4.69) is 16.8 Å². The Labute approximate surface area is 149 Å². The van der Waals surface area contributed by atoms with Crippen LogP contribution in [0.5, 0.6) is 0 Å². The van der Waals surface area contributed by atoms with Crippen LogP contribution in [0.15, 0.2) is 36.4 Å². The molecule has 0 aliphatic carbocycles. The number of amides is 1. The molecule has 1 aromatic carbocycles. The van der Waals surface area contributed by atoms with Gasteiger partial charge in [0, 0.05) is 38.3 Å². The van der Waals surface area contributed by atoms with Gasteiger partial charge in [0.25, 0.3) is 5.91 Å². The molecule has 2 aromatic rings. The van der Waals surface area contributed by atoms with Crippen molar-refractivity contribution in [3.05, 3.63) is 42.1 Å². The molecule has 0 N–H and O–H groups in total. The summed E-state index contributed by atoms with van der Waals surface area (Å²) in [7, 11) is 2.02. The van der Waals surface area contributed by atoms with Crippen molar-refractivity contribution < 1.29 is 4.79 Å². The highest BCUT2D eigenvalue weighted by Gasteiger charge is 2.22. The van der Waals surface area contributed by atoms with Crippen molar-refractivity contribution in [2.24, 2.45) is 0 Å². The lowest BCUT2D eigenvalue weighted by molar-refractivity contribution is 0.0787. The largest absolute Gasteiger partial charge is 0.360 e. The van der Waals surface area contributed by atoms with Crippen LogP contribution in [0.1, 0.15) is 43.1 Å². The van der Waals surface area contributed by atoms with E-state index in [4.69, 9.17) is 4.98 Å². The Hall–Kier alpha value is -2.43. The van der Waals surface area contributed by atoms with Gasteiger partial charge in [-0.15, -0.1) is 0 Å². The van der Waals surface area contributed by atoms with Gasteiger partial charge in [-0.1, -0.05) is 43.7 Å². The Kier molecular flexibility index (Phi) is 5.64. The van der Waals surface area contributed by atoms with E-state index >= 15 is 0 Å². The minimum atomic E-state index is 0.0159. The van der Waals surface area contributed by atoms with E-state index in [9.17, 15) is 4.79 Å². The number of nitrogens with zero attached hydrogens (tertiary/aromatic N) is 4. The molecule has 1 aliphatic rings. The Morgan fingerprint density at radius 3 is 2.56 bits per heavy atom. The molecular weight excluding hydrogens is 312 g/mol. The molecule has 1 aromatic heterocycles. The molecule has 0 radical (unpaired) electrons. The fourth-order valence-corrected chi connectivity index (χ4v) is 3.05. The lowest BCUT2D eigenvalue weighted by Gasteiger charge is -2.20. The van der Waals surface area contributed by atoms with Gasteiger partial charge in [0.05, 0.1) is 0 Å². The molecule has 5 heteroatoms. The van der Waals surface area contributed by atoms with Crippen LogP contribution in [0, 0.1) is 0 Å². The summed E-state index contributed by atoms with van der Waals surface area (Å²) in [6, 6.07) is 11.7. The predicted molar refractivity (Wildman–Crippen MR) is 101 cm³/mol. The zero-order valence-corrected chi connectivity index (χ0v) is 15.1. The quantitative estimate of drug-likeness (QED) is 0.807. The van der Waals surface area contributed by atoms with Crippen LogP contribution in [-0.2, 0) is 0 Å². The van der Waals surface area contributed by atoms with Crippen LogP contribution in [-0.4, -0.2) is 47.5 Å². The molecule has 132 valence electrons. The lowest BCUT2D eigenvalue weighted by Crippen LogP contribution is -2.29. The van der Waals surface area contributed by atoms with Crippen molar-refractivity contribution in [1.82, 2.24) is 14.9 Å². The second-order valence-corrected chi connectivity index (χ2v) is 6.58. The maximum atomic E-state index is 12.8. The summed E-state index contributed by atoms with van der Waals surface area (Å²) in [6.45, 7) is 4.74. The summed E-state index contributed by atoms with van der Waals surface area (Å²) >= 11 is 0. The summed E-state index contributed by atoms with van der Waals surface area (Å²) in [5.74, 6) is 1.44. The molecule has 0 saturated carbocycles. The fraction of sp³-hybridized carbons (Fsp3) is 0.450. The lowest BCUT2D eigenvalue weighted by atomic mass is 10.2. The number of rotatable bonds is 6. The normalized spacial score (nSPS) is 13.9. The first-order chi connectivity index (χ1) is 12.2. The summed E-state index contributed by atoms with van der Waals surface area (Å²) in [6.07, 6.45) is 4.37. The number of anilines is 1. The van der Waals surface area contributed by atoms with Crippen molar-refractivity contribution >= 4 is 11.7 Å². The maximum absolute atomic E-state index is 12.8. The van der Waals surface area contributed by atoms with Gasteiger partial charge in [-0.05, 0) is 19.3 Å². The Morgan fingerprint density at radius 2 is 1.88 bits per heavy atom. The van der Waals surface area contributed by atoms with E-state index in [-0.39, 0.29) is 5.91 Å². The standard InChI is InChI=1S/C20H26N4O/c1-3-4-12-23(2)18-15-17(20(25)24-13-8-9-14-24)21-19(22-18)16-10-6-5-7-11-16/h5-7,10-11,15H,3-4,8-9,12-14H2,1-2H3. The molecule has 0 bridgehead atoms. The number of hydrogen-bond donors (Lipinski definition) is 0. The third-order valence-corrected chi connectivity index (χ3v) is 4.60. The van der Waals surface area contributed by atoms with E-state index in [1.807, 2.05) is 48.3 Å². The molecular formula is C20H26N4O. The number of carbonyl (C=O) groups is 1. The van der Waals surface area contributed by atoms with Crippen LogP contribution >= 0.6 is 0 Å². The molecule has 1 fully saturated rings. The van der Waals surface area contributed by atoms with Crippen molar-refractivity contribution in [2.75, 3.05) is 31.6 Å². The van der Waals surface area contributed by atoms with Gasteiger partial charge >= 0.3 is 0 Å². The summed E-state index contributed by atoms with van der Waals surface area (Å²) < 4.78 is 0. The Morgan fingerprint density at radius 1 is 1.16 bits per heavy atom. The van der Waals surface area contributed by atoms with Gasteiger partial charge in [0.15, 0.2) is 5.82 Å². The fourth-order valence-electron chi connectivity index (χ4n) is 3.05. The second kappa shape index (κ2) is 8.10. The van der Waals surface area contributed by atoms with Gasteiger partial charge in [0.2, 0.25) is 0 Å². The zero-order chi connectivity index (χ0) is 17.6. The highest BCUT2D eigenvalue weighted by atomic mass is 16.2. The van der Waals surface area contributed by atoms with E-state index in [1.165, 1.54) is 0 Å². The van der Waals surface area contributed by atoms with Gasteiger partial charge in [0.1, 0.15) is 11.5 Å². The maximum Gasteiger partial charge on any atom is 0.272 e. The number of likely N-dealkylation sites (tertiary alicyclic amines) is 1. The van der Waals surface area contributed by atoms with Crippen LogP contribution in [0.3, 0.4) is 0 Å². The van der Waals surface area contributed by atoms with Gasteiger partial charge < -0.3 is 9.80 Å². The topological polar surface area (TPSA) is 49.3 Å². The average Bonchev–Trinajstić information content (AvgIpc) is 3.20. The van der Waals surface area contributed by atoms with Crippen LogP contribution in [0.25, 0.3) is 11.4 Å². The average molecular weight is 338 g/mol. The van der Waals surface area contributed by atoms with Crippen LogP contribution in [0.4, 0.5) is 5.82 Å². The van der Waals surface area contributed by atoms with E-state index in [0.29, 0.717) is 11.5 Å². The molecule has 0 unspecified atom stereocenters. The molecule has 1 amide bonds. The Balaban J connectivity index is 1.97. The van der Waals surface area contributed by atoms with Gasteiger partial charge in [-0.3, -0.25) is 4.79 Å². The molecule has 1 aliphatic heterocycles. The molecule has 1 saturated heterocycles. The first-order valence-electron chi connectivity index (χ1n) is 9.14. The minimum Gasteiger partial charge on any atom is -0.360 e. The smallest absolute Gasteiger partial charge is 0.272 e. The van der Waals surface area contributed by atoms with E-state index < -0.39 is 0 Å². The van der Waals surface area contributed by atoms with Gasteiger partial charge in [-0.25, -0.2) is 9.97 Å². The van der Waals surface area contributed by atoms with Crippen molar-refractivity contribution in [1.29, 1.82) is 0 Å². The summed E-state index contributed by atoms with van der Waals surface area (Å²) in [4.78, 5) is 26.1. The van der Waals surface area contributed by atoms with Crippen LogP contribution in [0.2, 0.25) is 0 Å². The van der Waals surface area contributed by atoms with Gasteiger partial charge in [-0.2, -0.15) is 0 Å². The number of hydrogen-bond acceptors (Lipinski definition) is 4. The molecule has 0 atom stereocenters. The first kappa shape index (κ1) is 17.4. The Bertz CT molecular complexity index is 711. The highest BCUT2D eigenvalue weighted by Crippen LogP contribution is 2.21. The number of unbranched alkanes of at least 4 members (excludes halogenated alkanes) is 1. The van der Waals surface area contributed by atoms with E-state index in [1.54, 1.807) is 0 Å². The first-order valence-corrected chi connectivity index (χ1v) is 9.14. The van der Waals surface area contributed by atoms with E-state index in [0.717, 1.165) is 56.7 Å². The number of benzene rings is 1. The number of carbonyl (C=O) groups excluding carboxylic acids is 1. The molecule has 2 heterocycles. The monoisotopic (exact) mass is 338 g/mol. The SMILES string of the molecule is CCCCN(C)c1cc(C(=O)N2CCCC2)nc(-c2ccccc2)n1. The predicted octanol–water partition coefficient (Wildman–Crippen LogP) is 3.62. The van der Waals surface area contributed by atoms with Crippen molar-refractivity contribution in [3.8, 4) is 11.4 Å². The van der Waals surface area contributed by atoms with Crippen LogP contribution < -0.4 is 4.90 Å². The zero-order valence-electron chi connectivity index (χ0n) is 15.1. The summed E-state index contributed by atoms with van der Waals surface area (Å²) in [5.41, 5.74) is 1.43. The molecule has 25 heavy (non-hydrogen) atoms. The molecule has 3 rings (SSSR count). The number of aromatic nitrogens is 2. The third-order valence-electron chi connectivity index (χ3n) is 4.60.